The van der Waals surface area contributed by atoms with Crippen LogP contribution in [0.1, 0.15) is 62.3 Å². The van der Waals surface area contributed by atoms with Crippen molar-refractivity contribution in [2.75, 3.05) is 5.75 Å². The number of nitrogens with zero attached hydrogens (tertiary/aromatic N) is 2. The SMILES string of the molecule is O=C(O)CSc1nc2oc3c(c2c(=S)n1C1CCCCC1)CCCC3. The van der Waals surface area contributed by atoms with E-state index in [1.165, 1.54) is 36.6 Å². The van der Waals surface area contributed by atoms with Crippen LogP contribution in [0.5, 0.6) is 0 Å². The van der Waals surface area contributed by atoms with Crippen LogP contribution in [-0.4, -0.2) is 26.4 Å². The second-order valence-electron chi connectivity index (χ2n) is 6.93. The molecule has 4 rings (SSSR count). The van der Waals surface area contributed by atoms with Crippen molar-refractivity contribution in [2.45, 2.75) is 69.0 Å². The monoisotopic (exact) mass is 378 g/mol. The van der Waals surface area contributed by atoms with E-state index in [9.17, 15) is 4.79 Å². The molecule has 0 radical (unpaired) electrons. The van der Waals surface area contributed by atoms with E-state index in [1.54, 1.807) is 0 Å². The number of rotatable bonds is 4. The van der Waals surface area contributed by atoms with Gasteiger partial charge >= 0.3 is 5.97 Å². The molecule has 5 nitrogen and oxygen atoms in total. The summed E-state index contributed by atoms with van der Waals surface area (Å²) in [6.07, 6.45) is 10.1. The molecule has 0 unspecified atom stereocenters. The maximum Gasteiger partial charge on any atom is 0.313 e. The Labute approximate surface area is 155 Å². The van der Waals surface area contributed by atoms with Gasteiger partial charge in [0.05, 0.1) is 11.1 Å². The van der Waals surface area contributed by atoms with E-state index in [1.807, 2.05) is 0 Å². The molecule has 1 N–H and O–H groups in total. The fourth-order valence-corrected chi connectivity index (χ4v) is 5.37. The molecule has 7 heteroatoms. The quantitative estimate of drug-likeness (QED) is 0.463. The van der Waals surface area contributed by atoms with Crippen molar-refractivity contribution in [3.8, 4) is 0 Å². The molecule has 0 aromatic carbocycles. The van der Waals surface area contributed by atoms with Crippen molar-refractivity contribution >= 4 is 41.0 Å². The number of fused-ring (bicyclic) bond motifs is 3. The number of aryl methyl sites for hydroxylation is 2. The predicted molar refractivity (Wildman–Crippen MR) is 100.0 cm³/mol. The topological polar surface area (TPSA) is 68.3 Å². The minimum Gasteiger partial charge on any atom is -0.481 e. The van der Waals surface area contributed by atoms with E-state index in [2.05, 4.69) is 4.57 Å². The lowest BCUT2D eigenvalue weighted by Crippen LogP contribution is -2.18. The van der Waals surface area contributed by atoms with Crippen LogP contribution < -0.4 is 0 Å². The Balaban J connectivity index is 1.88. The first-order valence-corrected chi connectivity index (χ1v) is 10.5. The fourth-order valence-electron chi connectivity index (χ4n) is 4.09. The highest BCUT2D eigenvalue weighted by Crippen LogP contribution is 2.37. The molecule has 2 aromatic heterocycles. The summed E-state index contributed by atoms with van der Waals surface area (Å²) in [5.41, 5.74) is 1.83. The fraction of sp³-hybridized carbons (Fsp3) is 0.611. The van der Waals surface area contributed by atoms with E-state index < -0.39 is 5.97 Å². The third-order valence-electron chi connectivity index (χ3n) is 5.25. The molecular weight excluding hydrogens is 356 g/mol. The van der Waals surface area contributed by atoms with E-state index in [-0.39, 0.29) is 5.75 Å². The van der Waals surface area contributed by atoms with Gasteiger partial charge < -0.3 is 14.1 Å². The van der Waals surface area contributed by atoms with Crippen LogP contribution in [0.4, 0.5) is 0 Å². The lowest BCUT2D eigenvalue weighted by Gasteiger charge is -2.26. The van der Waals surface area contributed by atoms with Gasteiger partial charge in [-0.1, -0.05) is 43.2 Å². The van der Waals surface area contributed by atoms with Gasteiger partial charge in [-0.3, -0.25) is 4.79 Å². The number of aromatic nitrogens is 2. The van der Waals surface area contributed by atoms with Gasteiger partial charge in [-0.05, 0) is 32.1 Å². The molecular formula is C18H22N2O3S2. The zero-order chi connectivity index (χ0) is 17.4. The molecule has 2 aromatic rings. The van der Waals surface area contributed by atoms with Gasteiger partial charge in [-0.15, -0.1) is 0 Å². The van der Waals surface area contributed by atoms with Gasteiger partial charge in [0.15, 0.2) is 5.16 Å². The van der Waals surface area contributed by atoms with Crippen molar-refractivity contribution in [1.82, 2.24) is 9.55 Å². The van der Waals surface area contributed by atoms with E-state index in [4.69, 9.17) is 26.7 Å². The Morgan fingerprint density at radius 1 is 1.24 bits per heavy atom. The molecule has 0 aliphatic heterocycles. The first-order valence-electron chi connectivity index (χ1n) is 9.06. The summed E-state index contributed by atoms with van der Waals surface area (Å²) in [7, 11) is 0. The number of carboxylic acid groups (broad SMARTS) is 1. The summed E-state index contributed by atoms with van der Waals surface area (Å²) in [5, 5.41) is 10.8. The van der Waals surface area contributed by atoms with Crippen LogP contribution >= 0.6 is 24.0 Å². The molecule has 2 aliphatic rings. The van der Waals surface area contributed by atoms with Crippen LogP contribution in [0.25, 0.3) is 11.1 Å². The first-order chi connectivity index (χ1) is 12.1. The third kappa shape index (κ3) is 3.24. The van der Waals surface area contributed by atoms with Crippen molar-refractivity contribution < 1.29 is 14.3 Å². The Morgan fingerprint density at radius 2 is 2.00 bits per heavy atom. The minimum atomic E-state index is -0.841. The molecule has 2 aliphatic carbocycles. The highest BCUT2D eigenvalue weighted by atomic mass is 32.2. The largest absolute Gasteiger partial charge is 0.481 e. The molecule has 1 saturated carbocycles. The number of furan rings is 1. The van der Waals surface area contributed by atoms with E-state index >= 15 is 0 Å². The molecule has 2 heterocycles. The standard InChI is InChI=1S/C18H22N2O3S2/c21-14(22)10-25-18-19-16-15(12-8-4-5-9-13(12)23-16)17(24)20(18)11-6-2-1-3-7-11/h11H,1-10H2,(H,21,22). The summed E-state index contributed by atoms with van der Waals surface area (Å²) >= 11 is 7.13. The minimum absolute atomic E-state index is 0.0135. The van der Waals surface area contributed by atoms with Crippen LogP contribution in [0.15, 0.2) is 9.57 Å². The summed E-state index contributed by atoms with van der Waals surface area (Å²) < 4.78 is 8.93. The number of carbonyl (C=O) groups is 1. The molecule has 0 saturated heterocycles. The predicted octanol–water partition coefficient (Wildman–Crippen LogP) is 4.92. The highest BCUT2D eigenvalue weighted by Gasteiger charge is 2.26. The van der Waals surface area contributed by atoms with Gasteiger partial charge in [0, 0.05) is 18.0 Å². The second-order valence-corrected chi connectivity index (χ2v) is 8.26. The van der Waals surface area contributed by atoms with Crippen molar-refractivity contribution in [1.29, 1.82) is 0 Å². The first kappa shape index (κ1) is 17.1. The Bertz CT molecular complexity index is 865. The molecule has 0 bridgehead atoms. The molecule has 0 spiro atoms. The van der Waals surface area contributed by atoms with Crippen molar-refractivity contribution in [3.05, 3.63) is 16.0 Å². The van der Waals surface area contributed by atoms with E-state index in [0.29, 0.717) is 16.9 Å². The molecule has 25 heavy (non-hydrogen) atoms. The van der Waals surface area contributed by atoms with Gasteiger partial charge in [0.25, 0.3) is 0 Å². The maximum absolute atomic E-state index is 11.1. The van der Waals surface area contributed by atoms with E-state index in [0.717, 1.165) is 54.3 Å². The Kier molecular flexibility index (Phi) is 4.86. The number of hydrogen-bond acceptors (Lipinski definition) is 5. The molecule has 134 valence electrons. The smallest absolute Gasteiger partial charge is 0.313 e. The van der Waals surface area contributed by atoms with Crippen molar-refractivity contribution in [2.24, 2.45) is 0 Å². The summed E-state index contributed by atoms with van der Waals surface area (Å²) in [6.45, 7) is 0. The Morgan fingerprint density at radius 3 is 2.76 bits per heavy atom. The van der Waals surface area contributed by atoms with Gasteiger partial charge in [0.1, 0.15) is 10.4 Å². The Hall–Kier alpha value is -1.34. The summed E-state index contributed by atoms with van der Waals surface area (Å²) in [4.78, 5) is 15.8. The van der Waals surface area contributed by atoms with Crippen LogP contribution in [0.3, 0.4) is 0 Å². The van der Waals surface area contributed by atoms with Crippen molar-refractivity contribution in [3.63, 3.8) is 0 Å². The zero-order valence-electron chi connectivity index (χ0n) is 14.1. The maximum atomic E-state index is 11.1. The van der Waals surface area contributed by atoms with Gasteiger partial charge in [-0.25, -0.2) is 0 Å². The number of carboxylic acids is 1. The third-order valence-corrected chi connectivity index (χ3v) is 6.59. The lowest BCUT2D eigenvalue weighted by atomic mass is 9.95. The van der Waals surface area contributed by atoms with Gasteiger partial charge in [-0.2, -0.15) is 4.98 Å². The van der Waals surface area contributed by atoms with Crippen LogP contribution in [0, 0.1) is 4.64 Å². The summed E-state index contributed by atoms with van der Waals surface area (Å²) in [5.74, 6) is 0.169. The zero-order valence-corrected chi connectivity index (χ0v) is 15.8. The summed E-state index contributed by atoms with van der Waals surface area (Å²) in [6, 6.07) is 0.323. The molecule has 0 atom stereocenters. The number of thioether (sulfide) groups is 1. The number of aliphatic carboxylic acids is 1. The molecule has 0 amide bonds. The normalized spacial score (nSPS) is 18.4. The highest BCUT2D eigenvalue weighted by molar-refractivity contribution is 7.99. The molecule has 1 fully saturated rings. The second kappa shape index (κ2) is 7.11. The average molecular weight is 379 g/mol. The lowest BCUT2D eigenvalue weighted by molar-refractivity contribution is -0.133. The van der Waals surface area contributed by atoms with Crippen LogP contribution in [0.2, 0.25) is 0 Å². The van der Waals surface area contributed by atoms with Crippen LogP contribution in [-0.2, 0) is 17.6 Å². The average Bonchev–Trinajstić information content (AvgIpc) is 2.99. The van der Waals surface area contributed by atoms with Gasteiger partial charge in [0.2, 0.25) is 5.71 Å². The number of hydrogen-bond donors (Lipinski definition) is 1.